The topological polar surface area (TPSA) is 62.2 Å². The van der Waals surface area contributed by atoms with Crippen LogP contribution in [0.25, 0.3) is 0 Å². The summed E-state index contributed by atoms with van der Waals surface area (Å²) in [7, 11) is 0. The second-order valence-electron chi connectivity index (χ2n) is 1.71. The highest BCUT2D eigenvalue weighted by molar-refractivity contribution is 6.29. The third-order valence-corrected chi connectivity index (χ3v) is 1.19. The molecule has 11 heavy (non-hydrogen) atoms. The number of carbonyl (C=O) groups is 1. The van der Waals surface area contributed by atoms with Crippen molar-refractivity contribution in [3.63, 3.8) is 0 Å². The first-order valence-corrected chi connectivity index (χ1v) is 3.10. The van der Waals surface area contributed by atoms with Gasteiger partial charge in [0.25, 0.3) is 5.91 Å². The second-order valence-corrected chi connectivity index (χ2v) is 2.06. The molecule has 1 amide bonds. The van der Waals surface area contributed by atoms with E-state index in [1.165, 1.54) is 17.6 Å². The average molecular weight is 172 g/mol. The zero-order valence-electron chi connectivity index (χ0n) is 5.34. The maximum Gasteiger partial charge on any atom is 0.293 e. The lowest BCUT2D eigenvalue weighted by Gasteiger charge is -1.95. The Morgan fingerprint density at radius 3 is 3.09 bits per heavy atom. The molecule has 0 aliphatic rings. The summed E-state index contributed by atoms with van der Waals surface area (Å²) in [6.07, 6.45) is 0. The lowest BCUT2D eigenvalue weighted by Crippen LogP contribution is -2.19. The number of pyridine rings is 1. The van der Waals surface area contributed by atoms with Crippen molar-refractivity contribution in [1.29, 1.82) is 0 Å². The largest absolute Gasteiger partial charge is 0.293 e. The Morgan fingerprint density at radius 1 is 1.82 bits per heavy atom. The molecule has 0 fully saturated rings. The first-order valence-electron chi connectivity index (χ1n) is 2.72. The second kappa shape index (κ2) is 3.32. The number of nitrogens with one attached hydrogen (secondary N) is 1. The van der Waals surface area contributed by atoms with Gasteiger partial charge in [0.1, 0.15) is 10.8 Å². The van der Waals surface area contributed by atoms with Crippen molar-refractivity contribution in [3.05, 3.63) is 29.0 Å². The SMILES string of the molecule is O=C(NO)c1cc[c]c(Cl)n1. The Hall–Kier alpha value is -1.13. The number of hydrogen-bond donors (Lipinski definition) is 2. The van der Waals surface area contributed by atoms with Crippen LogP contribution in [0.2, 0.25) is 5.15 Å². The molecule has 1 heterocycles. The van der Waals surface area contributed by atoms with Gasteiger partial charge in [-0.25, -0.2) is 10.5 Å². The van der Waals surface area contributed by atoms with Crippen molar-refractivity contribution in [2.24, 2.45) is 0 Å². The summed E-state index contributed by atoms with van der Waals surface area (Å²) in [6, 6.07) is 5.37. The molecule has 0 unspecified atom stereocenters. The number of nitrogens with zero attached hydrogens (tertiary/aromatic N) is 1. The number of aromatic nitrogens is 1. The Labute approximate surface area is 67.8 Å². The van der Waals surface area contributed by atoms with Gasteiger partial charge in [-0.1, -0.05) is 11.6 Å². The van der Waals surface area contributed by atoms with E-state index in [0.717, 1.165) is 0 Å². The molecule has 1 aromatic heterocycles. The summed E-state index contributed by atoms with van der Waals surface area (Å²) >= 11 is 5.42. The van der Waals surface area contributed by atoms with Crippen LogP contribution in [0.3, 0.4) is 0 Å². The zero-order chi connectivity index (χ0) is 8.27. The van der Waals surface area contributed by atoms with E-state index in [2.05, 4.69) is 11.1 Å². The molecule has 0 atom stereocenters. The molecular weight excluding hydrogens is 168 g/mol. The van der Waals surface area contributed by atoms with E-state index in [9.17, 15) is 4.79 Å². The zero-order valence-corrected chi connectivity index (χ0v) is 6.09. The summed E-state index contributed by atoms with van der Waals surface area (Å²) in [6.45, 7) is 0. The quantitative estimate of drug-likeness (QED) is 0.371. The number of halogens is 1. The molecule has 0 spiro atoms. The highest BCUT2D eigenvalue weighted by Gasteiger charge is 2.04. The molecular formula is C6H4ClN2O2. The molecule has 57 valence electrons. The Kier molecular flexibility index (Phi) is 2.40. The summed E-state index contributed by atoms with van der Waals surface area (Å²) < 4.78 is 0. The Balaban J connectivity index is 2.96. The van der Waals surface area contributed by atoms with E-state index in [1.807, 2.05) is 0 Å². The summed E-state index contributed by atoms with van der Waals surface area (Å²) in [5.74, 6) is -0.694. The predicted molar refractivity (Wildman–Crippen MR) is 37.3 cm³/mol. The fraction of sp³-hybridized carbons (Fsp3) is 0. The van der Waals surface area contributed by atoms with Gasteiger partial charge in [-0.05, 0) is 12.1 Å². The molecule has 0 saturated heterocycles. The van der Waals surface area contributed by atoms with Crippen LogP contribution in [-0.2, 0) is 0 Å². The molecule has 5 heteroatoms. The predicted octanol–water partition coefficient (Wildman–Crippen LogP) is 0.654. The van der Waals surface area contributed by atoms with Crippen LogP contribution in [0, 0.1) is 6.07 Å². The minimum absolute atomic E-state index is 0.0521. The Morgan fingerprint density at radius 2 is 2.55 bits per heavy atom. The van der Waals surface area contributed by atoms with Crippen molar-refractivity contribution >= 4 is 17.5 Å². The lowest BCUT2D eigenvalue weighted by molar-refractivity contribution is 0.0701. The van der Waals surface area contributed by atoms with Crippen LogP contribution < -0.4 is 5.48 Å². The van der Waals surface area contributed by atoms with Crippen LogP contribution in [0.4, 0.5) is 0 Å². The third kappa shape index (κ3) is 1.89. The maximum absolute atomic E-state index is 10.7. The summed E-state index contributed by atoms with van der Waals surface area (Å²) in [5, 5.41) is 8.28. The maximum atomic E-state index is 10.7. The lowest BCUT2D eigenvalue weighted by atomic mass is 10.3. The van der Waals surface area contributed by atoms with Gasteiger partial charge in [-0.15, -0.1) is 0 Å². The number of amides is 1. The van der Waals surface area contributed by atoms with Gasteiger partial charge in [-0.2, -0.15) is 0 Å². The van der Waals surface area contributed by atoms with Crippen molar-refractivity contribution < 1.29 is 10.0 Å². The number of rotatable bonds is 1. The highest BCUT2D eigenvalue weighted by Crippen LogP contribution is 2.03. The van der Waals surface area contributed by atoms with Crippen molar-refractivity contribution in [2.45, 2.75) is 0 Å². The van der Waals surface area contributed by atoms with Crippen molar-refractivity contribution in [2.75, 3.05) is 0 Å². The van der Waals surface area contributed by atoms with Crippen LogP contribution in [0.5, 0.6) is 0 Å². The molecule has 1 rings (SSSR count). The van der Waals surface area contributed by atoms with E-state index in [1.54, 1.807) is 0 Å². The molecule has 0 saturated carbocycles. The molecule has 4 nitrogen and oxygen atoms in total. The molecule has 0 aliphatic carbocycles. The standard InChI is InChI=1S/C6H4ClN2O2/c7-5-3-1-2-4(8-5)6(10)9-11/h1-2,11H,(H,9,10). The third-order valence-electron chi connectivity index (χ3n) is 0.996. The van der Waals surface area contributed by atoms with Gasteiger partial charge < -0.3 is 0 Å². The Bertz CT molecular complexity index is 277. The minimum Gasteiger partial charge on any atom is -0.288 e. The van der Waals surface area contributed by atoms with Crippen molar-refractivity contribution in [3.8, 4) is 0 Å². The monoisotopic (exact) mass is 171 g/mol. The fourth-order valence-electron chi connectivity index (χ4n) is 0.548. The fourth-order valence-corrected chi connectivity index (χ4v) is 0.702. The first kappa shape index (κ1) is 7.97. The average Bonchev–Trinajstić information content (AvgIpc) is 2.03. The highest BCUT2D eigenvalue weighted by atomic mass is 35.5. The number of carbonyl (C=O) groups excluding carboxylic acids is 1. The first-order chi connectivity index (χ1) is 5.24. The van der Waals surface area contributed by atoms with Crippen molar-refractivity contribution in [1.82, 2.24) is 10.5 Å². The summed E-state index contributed by atoms with van der Waals surface area (Å²) in [5.41, 5.74) is 1.49. The van der Waals surface area contributed by atoms with E-state index in [0.29, 0.717) is 0 Å². The molecule has 2 N–H and O–H groups in total. The molecule has 0 bridgehead atoms. The molecule has 1 aromatic rings. The van der Waals surface area contributed by atoms with E-state index < -0.39 is 5.91 Å². The van der Waals surface area contributed by atoms with Crippen LogP contribution in [-0.4, -0.2) is 16.1 Å². The smallest absolute Gasteiger partial charge is 0.288 e. The van der Waals surface area contributed by atoms with Gasteiger partial charge in [-0.3, -0.25) is 10.0 Å². The van der Waals surface area contributed by atoms with Gasteiger partial charge in [0.05, 0.1) is 0 Å². The van der Waals surface area contributed by atoms with Crippen LogP contribution in [0.1, 0.15) is 10.5 Å². The van der Waals surface area contributed by atoms with Gasteiger partial charge >= 0.3 is 0 Å². The number of hydroxylamine groups is 1. The van der Waals surface area contributed by atoms with Gasteiger partial charge in [0.2, 0.25) is 0 Å². The molecule has 1 radical (unpaired) electrons. The van der Waals surface area contributed by atoms with E-state index >= 15 is 0 Å². The molecule has 0 aromatic carbocycles. The van der Waals surface area contributed by atoms with E-state index in [-0.39, 0.29) is 10.8 Å². The van der Waals surface area contributed by atoms with Gasteiger partial charge in [0.15, 0.2) is 0 Å². The molecule has 0 aliphatic heterocycles. The summed E-state index contributed by atoms with van der Waals surface area (Å²) in [4.78, 5) is 14.3. The van der Waals surface area contributed by atoms with Crippen LogP contribution >= 0.6 is 11.6 Å². The van der Waals surface area contributed by atoms with Crippen LogP contribution in [0.15, 0.2) is 12.1 Å². The van der Waals surface area contributed by atoms with E-state index in [4.69, 9.17) is 16.8 Å². The van der Waals surface area contributed by atoms with Gasteiger partial charge in [0, 0.05) is 6.07 Å². The number of hydrogen-bond acceptors (Lipinski definition) is 3. The minimum atomic E-state index is -0.694. The normalized spacial score (nSPS) is 9.27.